The largest absolute Gasteiger partial charge is 0.390 e. The van der Waals surface area contributed by atoms with E-state index in [4.69, 9.17) is 0 Å². The van der Waals surface area contributed by atoms with Crippen LogP contribution in [0.1, 0.15) is 25.7 Å². The summed E-state index contributed by atoms with van der Waals surface area (Å²) in [5, 5.41) is 10.3. The third-order valence-corrected chi connectivity index (χ3v) is 4.04. The Morgan fingerprint density at radius 3 is 2.55 bits per heavy atom. The molecule has 0 radical (unpaired) electrons. The van der Waals surface area contributed by atoms with Crippen LogP contribution in [0.4, 0.5) is 0 Å². The zero-order valence-corrected chi connectivity index (χ0v) is 12.6. The zero-order valence-electron chi connectivity index (χ0n) is 12.6. The summed E-state index contributed by atoms with van der Waals surface area (Å²) in [5.41, 5.74) is 0.325. The molecule has 0 bridgehead atoms. The number of aliphatic hydroxyl groups is 1. The van der Waals surface area contributed by atoms with Gasteiger partial charge in [0, 0.05) is 18.9 Å². The maximum atomic E-state index is 12.3. The van der Waals surface area contributed by atoms with Crippen LogP contribution in [0.2, 0.25) is 0 Å². The number of hydrogen-bond acceptors (Lipinski definition) is 6. The normalized spacial score (nSPS) is 18.2. The molecule has 1 N–H and O–H groups in total. The molecule has 1 aliphatic heterocycles. The van der Waals surface area contributed by atoms with Crippen molar-refractivity contribution in [2.24, 2.45) is 0 Å². The van der Waals surface area contributed by atoms with Gasteiger partial charge in [0.15, 0.2) is 11.2 Å². The standard InChI is InChI=1S/C15H21N5O2/c21-12(9-19-7-3-1-2-4-8-19)10-20-11-18-14-13(15(20)22)16-5-6-17-14/h5-6,11-12,21H,1-4,7-10H2/t12-/m1/s1. The molecule has 0 aliphatic carbocycles. The highest BCUT2D eigenvalue weighted by Gasteiger charge is 2.15. The second-order valence-corrected chi connectivity index (χ2v) is 5.80. The molecule has 1 aliphatic rings. The lowest BCUT2D eigenvalue weighted by atomic mass is 10.2. The Labute approximate surface area is 128 Å². The van der Waals surface area contributed by atoms with Gasteiger partial charge in [-0.3, -0.25) is 9.36 Å². The summed E-state index contributed by atoms with van der Waals surface area (Å²) in [5.74, 6) is 0. The summed E-state index contributed by atoms with van der Waals surface area (Å²) in [4.78, 5) is 26.7. The summed E-state index contributed by atoms with van der Waals surface area (Å²) >= 11 is 0. The van der Waals surface area contributed by atoms with Crippen LogP contribution in [-0.2, 0) is 6.54 Å². The second-order valence-electron chi connectivity index (χ2n) is 5.80. The van der Waals surface area contributed by atoms with Gasteiger partial charge < -0.3 is 10.0 Å². The van der Waals surface area contributed by atoms with E-state index in [-0.39, 0.29) is 17.6 Å². The van der Waals surface area contributed by atoms with Crippen LogP contribution in [0.25, 0.3) is 11.2 Å². The number of rotatable bonds is 4. The van der Waals surface area contributed by atoms with Gasteiger partial charge in [-0.1, -0.05) is 12.8 Å². The number of aromatic nitrogens is 4. The molecule has 1 saturated heterocycles. The number of fused-ring (bicyclic) bond motifs is 1. The van der Waals surface area contributed by atoms with Gasteiger partial charge in [-0.15, -0.1) is 0 Å². The van der Waals surface area contributed by atoms with Crippen LogP contribution in [0, 0.1) is 0 Å². The predicted molar refractivity (Wildman–Crippen MR) is 82.5 cm³/mol. The number of hydrogen-bond donors (Lipinski definition) is 1. The van der Waals surface area contributed by atoms with Gasteiger partial charge in [0.05, 0.1) is 12.6 Å². The molecule has 7 heteroatoms. The van der Waals surface area contributed by atoms with Gasteiger partial charge in [-0.05, 0) is 25.9 Å². The van der Waals surface area contributed by atoms with E-state index >= 15 is 0 Å². The zero-order chi connectivity index (χ0) is 15.4. The Bertz CT molecular complexity index is 679. The molecular weight excluding hydrogens is 282 g/mol. The minimum atomic E-state index is -0.591. The quantitative estimate of drug-likeness (QED) is 0.881. The van der Waals surface area contributed by atoms with Gasteiger partial charge in [0.2, 0.25) is 0 Å². The van der Waals surface area contributed by atoms with Crippen LogP contribution < -0.4 is 5.56 Å². The van der Waals surface area contributed by atoms with Crippen LogP contribution in [0.5, 0.6) is 0 Å². The van der Waals surface area contributed by atoms with Crippen molar-refractivity contribution in [1.82, 2.24) is 24.4 Å². The summed E-state index contributed by atoms with van der Waals surface area (Å²) in [6.07, 6.45) is 8.71. The van der Waals surface area contributed by atoms with Crippen LogP contribution in [0.3, 0.4) is 0 Å². The topological polar surface area (TPSA) is 84.1 Å². The summed E-state index contributed by atoms with van der Waals surface area (Å²) in [6, 6.07) is 0. The second kappa shape index (κ2) is 6.93. The van der Waals surface area contributed by atoms with Crippen molar-refractivity contribution in [3.8, 4) is 0 Å². The highest BCUT2D eigenvalue weighted by atomic mass is 16.3. The van der Waals surface area contributed by atoms with Crippen molar-refractivity contribution in [2.45, 2.75) is 38.3 Å². The third-order valence-electron chi connectivity index (χ3n) is 4.04. The molecule has 3 heterocycles. The van der Waals surface area contributed by atoms with E-state index < -0.39 is 6.10 Å². The maximum absolute atomic E-state index is 12.3. The maximum Gasteiger partial charge on any atom is 0.281 e. The molecule has 0 amide bonds. The first-order chi connectivity index (χ1) is 10.7. The lowest BCUT2D eigenvalue weighted by Crippen LogP contribution is -2.37. The van der Waals surface area contributed by atoms with Crippen LogP contribution in [0.15, 0.2) is 23.5 Å². The Balaban J connectivity index is 1.69. The van der Waals surface area contributed by atoms with Crippen molar-refractivity contribution < 1.29 is 5.11 Å². The highest BCUT2D eigenvalue weighted by Crippen LogP contribution is 2.10. The predicted octanol–water partition coefficient (Wildman–Crippen LogP) is 0.423. The molecule has 2 aromatic heterocycles. The Morgan fingerprint density at radius 2 is 1.77 bits per heavy atom. The van der Waals surface area contributed by atoms with Crippen molar-refractivity contribution in [3.63, 3.8) is 0 Å². The monoisotopic (exact) mass is 303 g/mol. The lowest BCUT2D eigenvalue weighted by molar-refractivity contribution is 0.0986. The molecule has 0 saturated carbocycles. The molecule has 118 valence electrons. The smallest absolute Gasteiger partial charge is 0.281 e. The van der Waals surface area contributed by atoms with E-state index in [9.17, 15) is 9.90 Å². The molecule has 2 aromatic rings. The van der Waals surface area contributed by atoms with E-state index in [1.807, 2.05) is 0 Å². The van der Waals surface area contributed by atoms with Gasteiger partial charge in [0.1, 0.15) is 6.33 Å². The number of nitrogens with zero attached hydrogens (tertiary/aromatic N) is 5. The van der Waals surface area contributed by atoms with E-state index in [0.717, 1.165) is 13.1 Å². The Hall–Kier alpha value is -1.86. The first-order valence-corrected chi connectivity index (χ1v) is 7.80. The summed E-state index contributed by atoms with van der Waals surface area (Å²) in [6.45, 7) is 2.86. The number of β-amino-alcohol motifs (C(OH)–C–C–N with tert-alkyl or cyclic N) is 1. The van der Waals surface area contributed by atoms with Crippen molar-refractivity contribution in [3.05, 3.63) is 29.1 Å². The molecule has 1 atom stereocenters. The highest BCUT2D eigenvalue weighted by molar-refractivity contribution is 5.66. The van der Waals surface area contributed by atoms with Crippen molar-refractivity contribution in [1.29, 1.82) is 0 Å². The van der Waals surface area contributed by atoms with Gasteiger partial charge in [-0.2, -0.15) is 0 Å². The summed E-state index contributed by atoms with van der Waals surface area (Å²) in [7, 11) is 0. The summed E-state index contributed by atoms with van der Waals surface area (Å²) < 4.78 is 1.42. The molecular formula is C15H21N5O2. The third kappa shape index (κ3) is 3.48. The molecule has 0 spiro atoms. The van der Waals surface area contributed by atoms with E-state index in [0.29, 0.717) is 12.2 Å². The first-order valence-electron chi connectivity index (χ1n) is 7.80. The Kier molecular flexibility index (Phi) is 4.74. The molecule has 0 unspecified atom stereocenters. The van der Waals surface area contributed by atoms with Gasteiger partial charge in [0.25, 0.3) is 5.56 Å². The average molecular weight is 303 g/mol. The van der Waals surface area contributed by atoms with Crippen molar-refractivity contribution in [2.75, 3.05) is 19.6 Å². The van der Waals surface area contributed by atoms with Crippen LogP contribution >= 0.6 is 0 Å². The van der Waals surface area contributed by atoms with Crippen LogP contribution in [-0.4, -0.2) is 55.3 Å². The van der Waals surface area contributed by atoms with Gasteiger partial charge >= 0.3 is 0 Å². The fraction of sp³-hybridized carbons (Fsp3) is 0.600. The average Bonchev–Trinajstić information content (AvgIpc) is 2.79. The number of aliphatic hydroxyl groups excluding tert-OH is 1. The lowest BCUT2D eigenvalue weighted by Gasteiger charge is -2.23. The fourth-order valence-electron chi connectivity index (χ4n) is 2.92. The molecule has 22 heavy (non-hydrogen) atoms. The van der Waals surface area contributed by atoms with Crippen molar-refractivity contribution >= 4 is 11.2 Å². The molecule has 0 aromatic carbocycles. The SMILES string of the molecule is O=c1c2nccnc2ncn1C[C@H](O)CN1CCCCCC1. The van der Waals surface area contributed by atoms with E-state index in [1.165, 1.54) is 49.0 Å². The van der Waals surface area contributed by atoms with E-state index in [2.05, 4.69) is 19.9 Å². The number of likely N-dealkylation sites (tertiary alicyclic amines) is 1. The Morgan fingerprint density at radius 1 is 1.05 bits per heavy atom. The van der Waals surface area contributed by atoms with Gasteiger partial charge in [-0.25, -0.2) is 15.0 Å². The fourth-order valence-corrected chi connectivity index (χ4v) is 2.92. The first kappa shape index (κ1) is 15.1. The minimum Gasteiger partial charge on any atom is -0.390 e. The molecule has 1 fully saturated rings. The van der Waals surface area contributed by atoms with E-state index in [1.54, 1.807) is 0 Å². The molecule has 3 rings (SSSR count). The minimum absolute atomic E-state index is 0.231. The molecule has 7 nitrogen and oxygen atoms in total.